The van der Waals surface area contributed by atoms with Gasteiger partial charge in [-0.2, -0.15) is 0 Å². The van der Waals surface area contributed by atoms with E-state index in [1.165, 1.54) is 0 Å². The van der Waals surface area contributed by atoms with E-state index in [9.17, 15) is 14.4 Å². The molecule has 1 N–H and O–H groups in total. The Morgan fingerprint density at radius 2 is 1.87 bits per heavy atom. The molecule has 0 radical (unpaired) electrons. The smallest absolute Gasteiger partial charge is 0.303 e. The zero-order valence-corrected chi connectivity index (χ0v) is 19.2. The van der Waals surface area contributed by atoms with Crippen molar-refractivity contribution in [2.75, 3.05) is 12.5 Å². The molecular weight excluding hydrogens is 420 g/mol. The number of unbranched alkanes of at least 4 members (excludes halogenated alkanes) is 4. The van der Waals surface area contributed by atoms with E-state index in [1.807, 2.05) is 6.08 Å². The van der Waals surface area contributed by atoms with Gasteiger partial charge in [0.2, 0.25) is 0 Å². The Bertz CT molecular complexity index is 599. The van der Waals surface area contributed by atoms with Crippen molar-refractivity contribution in [1.82, 2.24) is 0 Å². The van der Waals surface area contributed by atoms with E-state index in [0.717, 1.165) is 57.8 Å². The van der Waals surface area contributed by atoms with Crippen LogP contribution in [0.4, 0.5) is 0 Å². The highest BCUT2D eigenvalue weighted by molar-refractivity contribution is 6.17. The van der Waals surface area contributed by atoms with Gasteiger partial charge in [0.15, 0.2) is 12.1 Å². The Kier molecular flexibility index (Phi) is 12.4. The Morgan fingerprint density at radius 1 is 1.10 bits per heavy atom. The van der Waals surface area contributed by atoms with Crippen LogP contribution < -0.4 is 0 Å². The number of carbonyl (C=O) groups is 3. The van der Waals surface area contributed by atoms with Gasteiger partial charge in [-0.15, -0.1) is 11.6 Å². The summed E-state index contributed by atoms with van der Waals surface area (Å²) in [5.74, 6) is -0.231. The Hall–Kier alpha value is -1.24. The van der Waals surface area contributed by atoms with Crippen LogP contribution in [-0.2, 0) is 23.9 Å². The summed E-state index contributed by atoms with van der Waals surface area (Å²) < 4.78 is 11.9. The average molecular weight is 457 g/mol. The van der Waals surface area contributed by atoms with E-state index >= 15 is 0 Å². The largest absolute Gasteiger partial charge is 0.481 e. The number of hydrogen-bond acceptors (Lipinski definition) is 5. The Morgan fingerprint density at radius 3 is 2.58 bits per heavy atom. The van der Waals surface area contributed by atoms with Crippen LogP contribution in [0.15, 0.2) is 12.2 Å². The van der Waals surface area contributed by atoms with Gasteiger partial charge < -0.3 is 14.6 Å². The molecule has 0 aromatic heterocycles. The topological polar surface area (TPSA) is 89.9 Å². The number of allylic oxidation sites excluding steroid dienone is 1. The molecule has 1 saturated carbocycles. The van der Waals surface area contributed by atoms with E-state index in [-0.39, 0.29) is 42.2 Å². The maximum absolute atomic E-state index is 12.8. The molecule has 176 valence electrons. The highest BCUT2D eigenvalue weighted by atomic mass is 35.5. The standard InChI is InChI=1S/C24H37ClO6/c25-15-7-5-9-18(26)13-14-20-19(10-3-1-2-4-11-23(28)29)21(27)17-22(20)31-24-12-6-8-16-30-24/h13-14,19-20,22,24H,1-12,15-17H2,(H,28,29)/t19?,20-,22-,24?/m1/s1. The van der Waals surface area contributed by atoms with Gasteiger partial charge in [-0.3, -0.25) is 14.4 Å². The Balaban J connectivity index is 1.92. The molecule has 4 atom stereocenters. The number of carboxylic acid groups (broad SMARTS) is 1. The van der Waals surface area contributed by atoms with Gasteiger partial charge in [-0.05, 0) is 51.0 Å². The third-order valence-corrected chi connectivity index (χ3v) is 6.41. The second kappa shape index (κ2) is 14.8. The fourth-order valence-electron chi connectivity index (χ4n) is 4.41. The van der Waals surface area contributed by atoms with Crippen LogP contribution in [0.25, 0.3) is 0 Å². The molecular formula is C24H37ClO6. The van der Waals surface area contributed by atoms with Crippen molar-refractivity contribution in [2.24, 2.45) is 11.8 Å². The minimum atomic E-state index is -0.767. The summed E-state index contributed by atoms with van der Waals surface area (Å²) in [7, 11) is 0. The number of halogens is 1. The fourth-order valence-corrected chi connectivity index (χ4v) is 4.60. The molecule has 2 unspecified atom stereocenters. The van der Waals surface area contributed by atoms with E-state index in [2.05, 4.69) is 0 Å². The summed E-state index contributed by atoms with van der Waals surface area (Å²) in [6, 6.07) is 0. The fraction of sp³-hybridized carbons (Fsp3) is 0.792. The van der Waals surface area contributed by atoms with Crippen molar-refractivity contribution in [1.29, 1.82) is 0 Å². The zero-order valence-electron chi connectivity index (χ0n) is 18.4. The van der Waals surface area contributed by atoms with Crippen LogP contribution in [0, 0.1) is 11.8 Å². The number of ether oxygens (including phenoxy) is 2. The lowest BCUT2D eigenvalue weighted by molar-refractivity contribution is -0.192. The first kappa shape index (κ1) is 26.0. The molecule has 2 fully saturated rings. The number of Topliss-reactive ketones (excluding diaryl/α,β-unsaturated/α-hetero) is 1. The van der Waals surface area contributed by atoms with Crippen molar-refractivity contribution < 1.29 is 29.0 Å². The lowest BCUT2D eigenvalue weighted by Crippen LogP contribution is -2.30. The maximum atomic E-state index is 12.8. The van der Waals surface area contributed by atoms with Crippen molar-refractivity contribution in [3.05, 3.63) is 12.2 Å². The molecule has 1 aliphatic heterocycles. The number of hydrogen-bond donors (Lipinski definition) is 1. The van der Waals surface area contributed by atoms with Crippen LogP contribution in [0.5, 0.6) is 0 Å². The third kappa shape index (κ3) is 9.84. The minimum absolute atomic E-state index is 0.0598. The van der Waals surface area contributed by atoms with Crippen molar-refractivity contribution in [3.8, 4) is 0 Å². The van der Waals surface area contributed by atoms with Crippen molar-refractivity contribution in [2.45, 2.75) is 95.9 Å². The summed E-state index contributed by atoms with van der Waals surface area (Å²) in [6.07, 6.45) is 12.6. The van der Waals surface area contributed by atoms with E-state index in [1.54, 1.807) is 6.08 Å². The van der Waals surface area contributed by atoms with Crippen LogP contribution >= 0.6 is 11.6 Å². The zero-order chi connectivity index (χ0) is 22.5. The number of alkyl halides is 1. The molecule has 7 heteroatoms. The SMILES string of the molecule is O=C(O)CCCCCCC1C(=O)C[C@@H](OC2CCCCO2)[C@@H]1C=CC(=O)CCCCCl. The first-order chi connectivity index (χ1) is 15.0. The summed E-state index contributed by atoms with van der Waals surface area (Å²) in [4.78, 5) is 35.6. The van der Waals surface area contributed by atoms with Gasteiger partial charge in [0.1, 0.15) is 5.78 Å². The summed E-state index contributed by atoms with van der Waals surface area (Å²) in [6.45, 7) is 0.685. The first-order valence-corrected chi connectivity index (χ1v) is 12.3. The van der Waals surface area contributed by atoms with Gasteiger partial charge in [-0.1, -0.05) is 25.3 Å². The van der Waals surface area contributed by atoms with Gasteiger partial charge in [0.25, 0.3) is 0 Å². The molecule has 0 bridgehead atoms. The van der Waals surface area contributed by atoms with Gasteiger partial charge in [-0.25, -0.2) is 0 Å². The molecule has 2 rings (SSSR count). The highest BCUT2D eigenvalue weighted by Gasteiger charge is 2.42. The normalized spacial score (nSPS) is 26.5. The third-order valence-electron chi connectivity index (χ3n) is 6.14. The predicted octanol–water partition coefficient (Wildman–Crippen LogP) is 5.06. The molecule has 1 aliphatic carbocycles. The molecule has 0 aromatic rings. The first-order valence-electron chi connectivity index (χ1n) is 11.8. The van der Waals surface area contributed by atoms with Gasteiger partial charge in [0, 0.05) is 43.6 Å². The van der Waals surface area contributed by atoms with Crippen LogP contribution in [-0.4, -0.2) is 47.5 Å². The van der Waals surface area contributed by atoms with Crippen molar-refractivity contribution in [3.63, 3.8) is 0 Å². The van der Waals surface area contributed by atoms with Crippen LogP contribution in [0.3, 0.4) is 0 Å². The molecule has 6 nitrogen and oxygen atoms in total. The van der Waals surface area contributed by atoms with E-state index in [0.29, 0.717) is 31.7 Å². The monoisotopic (exact) mass is 456 g/mol. The summed E-state index contributed by atoms with van der Waals surface area (Å²) in [5, 5.41) is 8.74. The summed E-state index contributed by atoms with van der Waals surface area (Å²) >= 11 is 5.68. The number of carboxylic acids is 1. The lowest BCUT2D eigenvalue weighted by Gasteiger charge is -2.28. The second-order valence-corrected chi connectivity index (χ2v) is 9.02. The lowest BCUT2D eigenvalue weighted by atomic mass is 9.88. The number of aliphatic carboxylic acids is 1. The highest BCUT2D eigenvalue weighted by Crippen LogP contribution is 2.37. The van der Waals surface area contributed by atoms with Crippen molar-refractivity contribution >= 4 is 29.1 Å². The molecule has 31 heavy (non-hydrogen) atoms. The maximum Gasteiger partial charge on any atom is 0.303 e. The quantitative estimate of drug-likeness (QED) is 0.210. The molecule has 1 heterocycles. The minimum Gasteiger partial charge on any atom is -0.481 e. The van der Waals surface area contributed by atoms with Gasteiger partial charge in [0.05, 0.1) is 6.10 Å². The van der Waals surface area contributed by atoms with E-state index in [4.69, 9.17) is 26.2 Å². The predicted molar refractivity (Wildman–Crippen MR) is 119 cm³/mol. The van der Waals surface area contributed by atoms with Gasteiger partial charge >= 0.3 is 5.97 Å². The average Bonchev–Trinajstić information content (AvgIpc) is 3.03. The molecule has 0 aromatic carbocycles. The second-order valence-electron chi connectivity index (χ2n) is 8.64. The van der Waals surface area contributed by atoms with E-state index < -0.39 is 5.97 Å². The summed E-state index contributed by atoms with van der Waals surface area (Å²) in [5.41, 5.74) is 0. The molecule has 2 aliphatic rings. The number of ketones is 2. The molecule has 0 spiro atoms. The number of rotatable bonds is 15. The molecule has 0 amide bonds. The Labute approximate surface area is 190 Å². The molecule has 1 saturated heterocycles. The van der Waals surface area contributed by atoms with Crippen LogP contribution in [0.2, 0.25) is 0 Å². The number of carbonyl (C=O) groups excluding carboxylic acids is 2. The van der Waals surface area contributed by atoms with Crippen LogP contribution in [0.1, 0.15) is 83.5 Å².